The number of anilines is 2. The first kappa shape index (κ1) is 20.1. The molecule has 2 aromatic rings. The van der Waals surface area contributed by atoms with Crippen molar-refractivity contribution >= 4 is 17.3 Å². The molecule has 1 unspecified atom stereocenters. The molecule has 28 heavy (non-hydrogen) atoms. The van der Waals surface area contributed by atoms with Gasteiger partial charge in [-0.1, -0.05) is 30.3 Å². The van der Waals surface area contributed by atoms with Crippen LogP contribution in [-0.4, -0.2) is 39.2 Å². The molecule has 0 aromatic heterocycles. The molecule has 0 bridgehead atoms. The average Bonchev–Trinajstić information content (AvgIpc) is 3.28. The molecule has 0 amide bonds. The van der Waals surface area contributed by atoms with Gasteiger partial charge in [-0.3, -0.25) is 4.99 Å². The first-order valence-electron chi connectivity index (χ1n) is 10.4. The maximum atomic E-state index is 4.37. The molecule has 1 saturated heterocycles. The van der Waals surface area contributed by atoms with Gasteiger partial charge in [-0.05, 0) is 56.0 Å². The minimum absolute atomic E-state index is 0.205. The predicted molar refractivity (Wildman–Crippen MR) is 120 cm³/mol. The molecule has 1 atom stereocenters. The molecule has 0 aliphatic carbocycles. The van der Waals surface area contributed by atoms with E-state index in [1.165, 1.54) is 37.2 Å². The molecule has 150 valence electrons. The fourth-order valence-electron chi connectivity index (χ4n) is 3.53. The molecule has 5 nitrogen and oxygen atoms in total. The zero-order valence-electron chi connectivity index (χ0n) is 17.1. The molecule has 3 rings (SSSR count). The fourth-order valence-corrected chi connectivity index (χ4v) is 3.53. The third kappa shape index (κ3) is 5.91. The molecule has 0 saturated carbocycles. The second-order valence-electron chi connectivity index (χ2n) is 7.30. The minimum Gasteiger partial charge on any atom is -0.385 e. The van der Waals surface area contributed by atoms with E-state index in [4.69, 9.17) is 0 Å². The van der Waals surface area contributed by atoms with Crippen LogP contribution in [-0.2, 0) is 0 Å². The number of nitrogens with zero attached hydrogens (tertiary/aromatic N) is 2. The number of para-hydroxylation sites is 1. The summed E-state index contributed by atoms with van der Waals surface area (Å²) in [5, 5.41) is 10.4. The summed E-state index contributed by atoms with van der Waals surface area (Å²) in [5.74, 6) is 0.846. The Bertz CT molecular complexity index is 738. The largest absolute Gasteiger partial charge is 0.385 e. The lowest BCUT2D eigenvalue weighted by Crippen LogP contribution is -2.39. The Labute approximate surface area is 169 Å². The van der Waals surface area contributed by atoms with Crippen LogP contribution in [0.25, 0.3) is 0 Å². The maximum Gasteiger partial charge on any atom is 0.191 e. The van der Waals surface area contributed by atoms with Crippen LogP contribution in [0.1, 0.15) is 37.8 Å². The van der Waals surface area contributed by atoms with Gasteiger partial charge in [-0.25, -0.2) is 0 Å². The van der Waals surface area contributed by atoms with Crippen LogP contribution in [0.4, 0.5) is 11.4 Å². The second-order valence-corrected chi connectivity index (χ2v) is 7.30. The molecule has 1 heterocycles. The van der Waals surface area contributed by atoms with E-state index in [2.05, 4.69) is 69.2 Å². The lowest BCUT2D eigenvalue weighted by atomic mass is 10.1. The Balaban J connectivity index is 1.43. The van der Waals surface area contributed by atoms with Crippen LogP contribution in [0.15, 0.2) is 59.6 Å². The van der Waals surface area contributed by atoms with E-state index >= 15 is 0 Å². The zero-order valence-corrected chi connectivity index (χ0v) is 17.1. The average molecular weight is 380 g/mol. The van der Waals surface area contributed by atoms with E-state index in [0.717, 1.165) is 31.2 Å². The summed E-state index contributed by atoms with van der Waals surface area (Å²) >= 11 is 0. The summed E-state index contributed by atoms with van der Waals surface area (Å²) in [6.07, 6.45) is 3.62. The highest BCUT2D eigenvalue weighted by molar-refractivity contribution is 5.80. The van der Waals surface area contributed by atoms with E-state index < -0.39 is 0 Å². The molecule has 5 heteroatoms. The van der Waals surface area contributed by atoms with Crippen molar-refractivity contribution in [3.63, 3.8) is 0 Å². The van der Waals surface area contributed by atoms with Crippen molar-refractivity contribution in [3.8, 4) is 0 Å². The monoisotopic (exact) mass is 379 g/mol. The van der Waals surface area contributed by atoms with Gasteiger partial charge in [-0.2, -0.15) is 0 Å². The van der Waals surface area contributed by atoms with Crippen LogP contribution >= 0.6 is 0 Å². The third-order valence-corrected chi connectivity index (χ3v) is 5.17. The van der Waals surface area contributed by atoms with Crippen LogP contribution in [0.3, 0.4) is 0 Å². The summed E-state index contributed by atoms with van der Waals surface area (Å²) in [6.45, 7) is 6.34. The van der Waals surface area contributed by atoms with Crippen molar-refractivity contribution in [2.75, 3.05) is 43.4 Å². The number of benzene rings is 2. The molecule has 2 aromatic carbocycles. The SMILES string of the molecule is CN=C(NCCCNc1ccccc1)NC(C)c1cccc(N2CCCC2)c1. The Kier molecular flexibility index (Phi) is 7.59. The molecular formula is C23H33N5. The topological polar surface area (TPSA) is 51.7 Å². The molecule has 0 spiro atoms. The number of hydrogen-bond acceptors (Lipinski definition) is 3. The first-order chi connectivity index (χ1) is 13.8. The molecule has 1 aliphatic heterocycles. The number of nitrogens with one attached hydrogen (secondary N) is 3. The number of hydrogen-bond donors (Lipinski definition) is 3. The molecular weight excluding hydrogens is 346 g/mol. The van der Waals surface area contributed by atoms with Gasteiger partial charge in [0.1, 0.15) is 0 Å². The third-order valence-electron chi connectivity index (χ3n) is 5.17. The van der Waals surface area contributed by atoms with Gasteiger partial charge in [0.05, 0.1) is 6.04 Å². The number of rotatable bonds is 8. The van der Waals surface area contributed by atoms with Gasteiger partial charge >= 0.3 is 0 Å². The van der Waals surface area contributed by atoms with Crippen molar-refractivity contribution in [1.29, 1.82) is 0 Å². The quantitative estimate of drug-likeness (QED) is 0.368. The summed E-state index contributed by atoms with van der Waals surface area (Å²) in [6, 6.07) is 19.4. The molecule has 1 aliphatic rings. The van der Waals surface area contributed by atoms with Gasteiger partial charge in [0.15, 0.2) is 5.96 Å². The van der Waals surface area contributed by atoms with E-state index in [0.29, 0.717) is 0 Å². The standard InChI is InChI=1S/C23H33N5/c1-19(20-10-8-13-22(18-20)28-16-6-7-17-28)27-23(24-2)26-15-9-14-25-21-11-4-3-5-12-21/h3-5,8,10-13,18-19,25H,6-7,9,14-17H2,1-2H3,(H2,24,26,27). The van der Waals surface area contributed by atoms with Gasteiger partial charge in [0, 0.05) is 44.6 Å². The normalized spacial score (nSPS) is 15.4. The van der Waals surface area contributed by atoms with E-state index in [1.807, 2.05) is 25.2 Å². The second kappa shape index (κ2) is 10.6. The summed E-state index contributed by atoms with van der Waals surface area (Å²) < 4.78 is 0. The van der Waals surface area contributed by atoms with Crippen molar-refractivity contribution in [2.24, 2.45) is 4.99 Å². The molecule has 3 N–H and O–H groups in total. The van der Waals surface area contributed by atoms with E-state index in [1.54, 1.807) is 0 Å². The number of aliphatic imine (C=N–C) groups is 1. The van der Waals surface area contributed by atoms with E-state index in [9.17, 15) is 0 Å². The van der Waals surface area contributed by atoms with Crippen molar-refractivity contribution < 1.29 is 0 Å². The van der Waals surface area contributed by atoms with Crippen molar-refractivity contribution in [1.82, 2.24) is 10.6 Å². The Morgan fingerprint density at radius 2 is 1.82 bits per heavy atom. The maximum absolute atomic E-state index is 4.37. The smallest absolute Gasteiger partial charge is 0.191 e. The fraction of sp³-hybridized carbons (Fsp3) is 0.435. The van der Waals surface area contributed by atoms with Crippen LogP contribution in [0, 0.1) is 0 Å². The highest BCUT2D eigenvalue weighted by Gasteiger charge is 2.14. The van der Waals surface area contributed by atoms with Gasteiger partial charge < -0.3 is 20.9 Å². The highest BCUT2D eigenvalue weighted by Crippen LogP contribution is 2.23. The lowest BCUT2D eigenvalue weighted by molar-refractivity contribution is 0.678. The van der Waals surface area contributed by atoms with Gasteiger partial charge in [0.2, 0.25) is 0 Å². The van der Waals surface area contributed by atoms with Crippen LogP contribution < -0.4 is 20.9 Å². The van der Waals surface area contributed by atoms with Crippen LogP contribution in [0.2, 0.25) is 0 Å². The number of guanidine groups is 1. The predicted octanol–water partition coefficient (Wildman–Crippen LogP) is 4.02. The first-order valence-corrected chi connectivity index (χ1v) is 10.4. The van der Waals surface area contributed by atoms with Crippen molar-refractivity contribution in [2.45, 2.75) is 32.2 Å². The lowest BCUT2D eigenvalue weighted by Gasteiger charge is -2.22. The van der Waals surface area contributed by atoms with Crippen molar-refractivity contribution in [3.05, 3.63) is 60.2 Å². The highest BCUT2D eigenvalue weighted by atomic mass is 15.2. The van der Waals surface area contributed by atoms with Gasteiger partial charge in [-0.15, -0.1) is 0 Å². The Morgan fingerprint density at radius 3 is 2.57 bits per heavy atom. The molecule has 1 fully saturated rings. The van der Waals surface area contributed by atoms with E-state index in [-0.39, 0.29) is 6.04 Å². The zero-order chi connectivity index (χ0) is 19.6. The summed E-state index contributed by atoms with van der Waals surface area (Å²) in [7, 11) is 1.82. The summed E-state index contributed by atoms with van der Waals surface area (Å²) in [4.78, 5) is 6.85. The molecule has 0 radical (unpaired) electrons. The van der Waals surface area contributed by atoms with Crippen LogP contribution in [0.5, 0.6) is 0 Å². The van der Waals surface area contributed by atoms with Gasteiger partial charge in [0.25, 0.3) is 0 Å². The minimum atomic E-state index is 0.205. The summed E-state index contributed by atoms with van der Waals surface area (Å²) in [5.41, 5.74) is 3.79. The Hall–Kier alpha value is -2.69. The Morgan fingerprint density at radius 1 is 1.04 bits per heavy atom.